The molecule has 0 unspecified atom stereocenters. The first-order valence-corrected chi connectivity index (χ1v) is 8.28. The molecule has 0 saturated heterocycles. The maximum atomic E-state index is 9.41. The Morgan fingerprint density at radius 2 is 1.79 bits per heavy atom. The Balaban J connectivity index is 1.89. The van der Waals surface area contributed by atoms with Crippen molar-refractivity contribution in [2.75, 3.05) is 0 Å². The summed E-state index contributed by atoms with van der Waals surface area (Å²) in [6, 6.07) is 14.6. The molecule has 3 aromatic rings. The van der Waals surface area contributed by atoms with Crippen LogP contribution in [-0.4, -0.2) is 14.9 Å². The number of nitrogens with zero attached hydrogens (tertiary/aromatic N) is 2. The van der Waals surface area contributed by atoms with Crippen LogP contribution in [0.25, 0.3) is 0 Å². The number of phenolic OH excluding ortho intramolecular Hbond substituents is 1. The molecule has 0 aliphatic heterocycles. The van der Waals surface area contributed by atoms with Crippen LogP contribution in [0.4, 0.5) is 0 Å². The maximum absolute atomic E-state index is 9.41. The molecule has 0 saturated carbocycles. The fraction of sp³-hybridized carbons (Fsp3) is 0.167. The molecule has 0 amide bonds. The number of aromatic hydroxyl groups is 1. The average Bonchev–Trinajstić information content (AvgIpc) is 2.94. The van der Waals surface area contributed by atoms with Crippen molar-refractivity contribution in [3.8, 4) is 5.75 Å². The third-order valence-electron chi connectivity index (χ3n) is 3.78. The Labute approximate surface area is 150 Å². The second kappa shape index (κ2) is 7.26. The lowest BCUT2D eigenvalue weighted by molar-refractivity contribution is 0.475. The first-order valence-electron chi connectivity index (χ1n) is 7.52. The lowest BCUT2D eigenvalue weighted by atomic mass is 10.1. The highest BCUT2D eigenvalue weighted by atomic mass is 35.5. The maximum Gasteiger partial charge on any atom is 0.115 e. The van der Waals surface area contributed by atoms with Gasteiger partial charge in [-0.1, -0.05) is 41.4 Å². The van der Waals surface area contributed by atoms with Crippen LogP contribution in [0.2, 0.25) is 10.0 Å². The Morgan fingerprint density at radius 3 is 2.46 bits per heavy atom. The molecule has 0 radical (unpaired) electrons. The zero-order valence-electron chi connectivity index (χ0n) is 12.9. The van der Waals surface area contributed by atoms with E-state index < -0.39 is 0 Å². The number of phenols is 1. The molecule has 3 rings (SSSR count). The summed E-state index contributed by atoms with van der Waals surface area (Å²) in [5.41, 5.74) is 9.63. The van der Waals surface area contributed by atoms with Gasteiger partial charge in [-0.2, -0.15) is 5.10 Å². The van der Waals surface area contributed by atoms with E-state index in [2.05, 4.69) is 5.10 Å². The van der Waals surface area contributed by atoms with E-state index >= 15 is 0 Å². The van der Waals surface area contributed by atoms with E-state index in [0.29, 0.717) is 29.6 Å². The zero-order chi connectivity index (χ0) is 17.1. The van der Waals surface area contributed by atoms with Crippen LogP contribution in [0.1, 0.15) is 22.5 Å². The number of hydrogen-bond acceptors (Lipinski definition) is 3. The first-order chi connectivity index (χ1) is 11.5. The minimum atomic E-state index is 0.253. The second-order valence-corrected chi connectivity index (χ2v) is 6.41. The van der Waals surface area contributed by atoms with Crippen LogP contribution in [0.3, 0.4) is 0 Å². The Morgan fingerprint density at radius 1 is 1.04 bits per heavy atom. The highest BCUT2D eigenvalue weighted by Gasteiger charge is 2.11. The van der Waals surface area contributed by atoms with Gasteiger partial charge in [-0.15, -0.1) is 0 Å². The fourth-order valence-corrected chi connectivity index (χ4v) is 3.00. The van der Waals surface area contributed by atoms with Gasteiger partial charge in [-0.25, -0.2) is 0 Å². The predicted molar refractivity (Wildman–Crippen MR) is 96.6 cm³/mol. The first kappa shape index (κ1) is 16.8. The molecule has 3 N–H and O–H groups in total. The molecular formula is C18H17Cl2N3O. The van der Waals surface area contributed by atoms with Gasteiger partial charge in [-0.05, 0) is 41.5 Å². The van der Waals surface area contributed by atoms with Gasteiger partial charge in [0.05, 0.1) is 12.2 Å². The van der Waals surface area contributed by atoms with Crippen molar-refractivity contribution in [1.29, 1.82) is 0 Å². The highest BCUT2D eigenvalue weighted by Crippen LogP contribution is 2.23. The summed E-state index contributed by atoms with van der Waals surface area (Å²) in [5, 5.41) is 15.2. The largest absolute Gasteiger partial charge is 0.508 e. The number of aromatic nitrogens is 2. The molecule has 124 valence electrons. The molecule has 1 heterocycles. The molecule has 1 aromatic heterocycles. The lowest BCUT2D eigenvalue weighted by Crippen LogP contribution is -2.08. The van der Waals surface area contributed by atoms with Crippen LogP contribution in [0.5, 0.6) is 5.75 Å². The molecule has 6 heteroatoms. The van der Waals surface area contributed by atoms with Crippen molar-refractivity contribution < 1.29 is 5.11 Å². The molecule has 24 heavy (non-hydrogen) atoms. The smallest absolute Gasteiger partial charge is 0.115 e. The van der Waals surface area contributed by atoms with Gasteiger partial charge in [0.1, 0.15) is 5.75 Å². The van der Waals surface area contributed by atoms with Crippen LogP contribution < -0.4 is 5.73 Å². The van der Waals surface area contributed by atoms with E-state index in [-0.39, 0.29) is 5.75 Å². The Hall–Kier alpha value is -2.01. The third-order valence-corrected chi connectivity index (χ3v) is 4.37. The SMILES string of the molecule is NCc1cc(Cc2ccc(O)cc2)n(Cc2ccc(Cl)cc2Cl)n1. The van der Waals surface area contributed by atoms with Gasteiger partial charge in [0.2, 0.25) is 0 Å². The van der Waals surface area contributed by atoms with E-state index in [9.17, 15) is 5.11 Å². The van der Waals surface area contributed by atoms with Crippen molar-refractivity contribution in [3.05, 3.63) is 81.1 Å². The summed E-state index contributed by atoms with van der Waals surface area (Å²) in [5.74, 6) is 0.253. The Kier molecular flexibility index (Phi) is 5.09. The van der Waals surface area contributed by atoms with Gasteiger partial charge in [-0.3, -0.25) is 4.68 Å². The van der Waals surface area contributed by atoms with Crippen molar-refractivity contribution in [2.45, 2.75) is 19.5 Å². The van der Waals surface area contributed by atoms with Crippen molar-refractivity contribution in [2.24, 2.45) is 5.73 Å². The zero-order valence-corrected chi connectivity index (χ0v) is 14.4. The average molecular weight is 362 g/mol. The van der Waals surface area contributed by atoms with E-state index in [4.69, 9.17) is 28.9 Å². The quantitative estimate of drug-likeness (QED) is 0.721. The molecule has 0 fully saturated rings. The fourth-order valence-electron chi connectivity index (χ4n) is 2.53. The van der Waals surface area contributed by atoms with Crippen LogP contribution >= 0.6 is 23.2 Å². The molecule has 0 bridgehead atoms. The molecule has 0 aliphatic carbocycles. The topological polar surface area (TPSA) is 64.1 Å². The van der Waals surface area contributed by atoms with Gasteiger partial charge < -0.3 is 10.8 Å². The number of benzene rings is 2. The van der Waals surface area contributed by atoms with Gasteiger partial charge in [0, 0.05) is 28.7 Å². The number of rotatable bonds is 5. The molecule has 0 aliphatic rings. The highest BCUT2D eigenvalue weighted by molar-refractivity contribution is 6.35. The summed E-state index contributed by atoms with van der Waals surface area (Å²) < 4.78 is 1.91. The van der Waals surface area contributed by atoms with Gasteiger partial charge in [0.25, 0.3) is 0 Å². The number of halogens is 2. The molecule has 2 aromatic carbocycles. The van der Waals surface area contributed by atoms with Crippen molar-refractivity contribution in [1.82, 2.24) is 9.78 Å². The van der Waals surface area contributed by atoms with E-state index in [1.165, 1.54) is 0 Å². The predicted octanol–water partition coefficient (Wildman–Crippen LogP) is 3.99. The van der Waals surface area contributed by atoms with Gasteiger partial charge in [0.15, 0.2) is 0 Å². The summed E-state index contributed by atoms with van der Waals surface area (Å²) in [7, 11) is 0. The summed E-state index contributed by atoms with van der Waals surface area (Å²) >= 11 is 12.2. The monoisotopic (exact) mass is 361 g/mol. The summed E-state index contributed by atoms with van der Waals surface area (Å²) in [6.07, 6.45) is 0.693. The number of hydrogen-bond donors (Lipinski definition) is 2. The summed E-state index contributed by atoms with van der Waals surface area (Å²) in [6.45, 7) is 0.924. The third kappa shape index (κ3) is 3.90. The molecule has 4 nitrogen and oxygen atoms in total. The molecule has 0 spiro atoms. The Bertz CT molecular complexity index is 844. The van der Waals surface area contributed by atoms with Crippen LogP contribution in [0, 0.1) is 0 Å². The lowest BCUT2D eigenvalue weighted by Gasteiger charge is -2.10. The van der Waals surface area contributed by atoms with Crippen molar-refractivity contribution in [3.63, 3.8) is 0 Å². The van der Waals surface area contributed by atoms with E-state index in [0.717, 1.165) is 22.5 Å². The van der Waals surface area contributed by atoms with E-state index in [1.54, 1.807) is 18.2 Å². The standard InChI is InChI=1S/C18H17Cl2N3O/c19-14-4-3-13(18(20)8-14)11-23-16(9-15(10-21)22-23)7-12-1-5-17(24)6-2-12/h1-6,8-9,24H,7,10-11,21H2. The van der Waals surface area contributed by atoms with Crippen LogP contribution in [-0.2, 0) is 19.5 Å². The normalized spacial score (nSPS) is 11.0. The molecular weight excluding hydrogens is 345 g/mol. The van der Waals surface area contributed by atoms with Gasteiger partial charge >= 0.3 is 0 Å². The van der Waals surface area contributed by atoms with E-state index in [1.807, 2.05) is 35.0 Å². The minimum Gasteiger partial charge on any atom is -0.508 e. The minimum absolute atomic E-state index is 0.253. The summed E-state index contributed by atoms with van der Waals surface area (Å²) in [4.78, 5) is 0. The second-order valence-electron chi connectivity index (χ2n) is 5.57. The van der Waals surface area contributed by atoms with Crippen molar-refractivity contribution >= 4 is 23.2 Å². The number of nitrogens with two attached hydrogens (primary N) is 1. The van der Waals surface area contributed by atoms with Crippen LogP contribution in [0.15, 0.2) is 48.5 Å². The molecule has 0 atom stereocenters.